The van der Waals surface area contributed by atoms with Crippen molar-refractivity contribution in [1.82, 2.24) is 9.55 Å². The van der Waals surface area contributed by atoms with Gasteiger partial charge in [-0.15, -0.1) is 0 Å². The molecular weight excluding hydrogens is 212 g/mol. The molecule has 1 aromatic heterocycles. The number of nitrogens with two attached hydrogens (primary N) is 1. The number of rotatable bonds is 3. The maximum atomic E-state index is 9.03. The van der Waals surface area contributed by atoms with E-state index < -0.39 is 0 Å². The van der Waals surface area contributed by atoms with E-state index in [2.05, 4.69) is 11.1 Å². The van der Waals surface area contributed by atoms with Crippen LogP contribution in [-0.2, 0) is 7.05 Å². The van der Waals surface area contributed by atoms with Crippen molar-refractivity contribution >= 4 is 11.0 Å². The molecule has 2 rings (SSSR count). The molecule has 4 nitrogen and oxygen atoms in total. The third-order valence-corrected chi connectivity index (χ3v) is 3.17. The molecule has 0 aliphatic carbocycles. The number of hydrogen-bond acceptors (Lipinski definition) is 3. The van der Waals surface area contributed by atoms with Crippen molar-refractivity contribution in [3.8, 4) is 6.07 Å². The topological polar surface area (TPSA) is 67.6 Å². The zero-order valence-electron chi connectivity index (χ0n) is 10.1. The van der Waals surface area contributed by atoms with Crippen molar-refractivity contribution in [2.24, 2.45) is 18.7 Å². The molecule has 2 N–H and O–H groups in total. The summed E-state index contributed by atoms with van der Waals surface area (Å²) in [6.45, 7) is 1.98. The van der Waals surface area contributed by atoms with Crippen LogP contribution in [0.5, 0.6) is 0 Å². The van der Waals surface area contributed by atoms with Gasteiger partial charge in [0.15, 0.2) is 0 Å². The van der Waals surface area contributed by atoms with Gasteiger partial charge in [-0.2, -0.15) is 5.26 Å². The lowest BCUT2D eigenvalue weighted by atomic mass is 9.93. The first-order valence-corrected chi connectivity index (χ1v) is 5.73. The Morgan fingerprint density at radius 2 is 2.29 bits per heavy atom. The molecule has 4 heteroatoms. The van der Waals surface area contributed by atoms with E-state index in [1.54, 1.807) is 6.33 Å². The van der Waals surface area contributed by atoms with Crippen molar-refractivity contribution < 1.29 is 0 Å². The van der Waals surface area contributed by atoms with Crippen LogP contribution in [0.15, 0.2) is 24.5 Å². The van der Waals surface area contributed by atoms with Gasteiger partial charge in [0.1, 0.15) is 0 Å². The predicted octanol–water partition coefficient (Wildman–Crippen LogP) is 2.12. The highest BCUT2D eigenvalue weighted by Crippen LogP contribution is 2.24. The van der Waals surface area contributed by atoms with Gasteiger partial charge in [0.2, 0.25) is 0 Å². The first kappa shape index (κ1) is 11.6. The van der Waals surface area contributed by atoms with Gasteiger partial charge in [-0.05, 0) is 24.1 Å². The second kappa shape index (κ2) is 4.56. The monoisotopic (exact) mass is 228 g/mol. The molecule has 0 bridgehead atoms. The van der Waals surface area contributed by atoms with Crippen LogP contribution >= 0.6 is 0 Å². The van der Waals surface area contributed by atoms with Gasteiger partial charge < -0.3 is 10.3 Å². The minimum Gasteiger partial charge on any atom is -0.334 e. The van der Waals surface area contributed by atoms with Gasteiger partial charge >= 0.3 is 0 Å². The molecule has 0 spiro atoms. The Kier molecular flexibility index (Phi) is 3.12. The van der Waals surface area contributed by atoms with Crippen LogP contribution in [0.3, 0.4) is 0 Å². The largest absolute Gasteiger partial charge is 0.334 e. The molecule has 17 heavy (non-hydrogen) atoms. The summed E-state index contributed by atoms with van der Waals surface area (Å²) in [5.74, 6) is -0.142. The summed E-state index contributed by atoms with van der Waals surface area (Å²) in [4.78, 5) is 4.30. The highest BCUT2D eigenvalue weighted by Gasteiger charge is 2.17. The molecule has 0 amide bonds. The standard InChI is InChI=1S/C13H16N4/c1-3-9(7-14)13(15)10-4-5-12-11(6-10)16-8-17(12)2/h4-6,8-9,13H,3,15H2,1-2H3. The molecule has 0 fully saturated rings. The van der Waals surface area contributed by atoms with Crippen LogP contribution in [0.25, 0.3) is 11.0 Å². The molecule has 2 aromatic rings. The number of aryl methyl sites for hydroxylation is 1. The molecule has 2 atom stereocenters. The Hall–Kier alpha value is -1.86. The average molecular weight is 228 g/mol. The van der Waals surface area contributed by atoms with E-state index in [1.807, 2.05) is 36.7 Å². The summed E-state index contributed by atoms with van der Waals surface area (Å²) >= 11 is 0. The highest BCUT2D eigenvalue weighted by atomic mass is 15.0. The van der Waals surface area contributed by atoms with E-state index in [9.17, 15) is 0 Å². The Labute approximate surface area is 101 Å². The lowest BCUT2D eigenvalue weighted by Crippen LogP contribution is -2.19. The summed E-state index contributed by atoms with van der Waals surface area (Å²) in [7, 11) is 1.96. The Balaban J connectivity index is 2.40. The van der Waals surface area contributed by atoms with E-state index in [-0.39, 0.29) is 12.0 Å². The molecule has 88 valence electrons. The van der Waals surface area contributed by atoms with Gasteiger partial charge in [-0.1, -0.05) is 13.0 Å². The number of imidazole rings is 1. The van der Waals surface area contributed by atoms with E-state index in [1.165, 1.54) is 0 Å². The quantitative estimate of drug-likeness (QED) is 0.875. The van der Waals surface area contributed by atoms with E-state index in [4.69, 9.17) is 11.0 Å². The van der Waals surface area contributed by atoms with E-state index in [0.717, 1.165) is 23.0 Å². The second-order valence-corrected chi connectivity index (χ2v) is 4.27. The Morgan fingerprint density at radius 3 is 2.94 bits per heavy atom. The van der Waals surface area contributed by atoms with Crippen LogP contribution in [-0.4, -0.2) is 9.55 Å². The lowest BCUT2D eigenvalue weighted by Gasteiger charge is -2.16. The minimum absolute atomic E-state index is 0.142. The molecular formula is C13H16N4. The maximum Gasteiger partial charge on any atom is 0.0955 e. The van der Waals surface area contributed by atoms with Gasteiger partial charge in [0.25, 0.3) is 0 Å². The maximum absolute atomic E-state index is 9.03. The van der Waals surface area contributed by atoms with Crippen molar-refractivity contribution in [3.05, 3.63) is 30.1 Å². The van der Waals surface area contributed by atoms with Crippen LogP contribution < -0.4 is 5.73 Å². The summed E-state index contributed by atoms with van der Waals surface area (Å²) in [6.07, 6.45) is 2.54. The zero-order valence-corrected chi connectivity index (χ0v) is 10.1. The van der Waals surface area contributed by atoms with Crippen LogP contribution in [0, 0.1) is 17.2 Å². The molecule has 0 saturated carbocycles. The van der Waals surface area contributed by atoms with Gasteiger partial charge in [-0.25, -0.2) is 4.98 Å². The highest BCUT2D eigenvalue weighted by molar-refractivity contribution is 5.76. The number of benzene rings is 1. The van der Waals surface area contributed by atoms with Crippen molar-refractivity contribution in [1.29, 1.82) is 5.26 Å². The zero-order chi connectivity index (χ0) is 12.4. The smallest absolute Gasteiger partial charge is 0.0955 e. The lowest BCUT2D eigenvalue weighted by molar-refractivity contribution is 0.518. The molecule has 0 aliphatic rings. The third kappa shape index (κ3) is 2.02. The molecule has 1 aromatic carbocycles. The van der Waals surface area contributed by atoms with E-state index >= 15 is 0 Å². The normalized spacial score (nSPS) is 14.5. The average Bonchev–Trinajstić information content (AvgIpc) is 2.72. The fourth-order valence-corrected chi connectivity index (χ4v) is 2.02. The van der Waals surface area contributed by atoms with Gasteiger partial charge in [0.05, 0.1) is 29.3 Å². The fraction of sp³-hybridized carbons (Fsp3) is 0.385. The summed E-state index contributed by atoms with van der Waals surface area (Å²) in [5, 5.41) is 9.03. The minimum atomic E-state index is -0.239. The molecule has 1 heterocycles. The molecule has 0 aliphatic heterocycles. The Morgan fingerprint density at radius 1 is 1.53 bits per heavy atom. The van der Waals surface area contributed by atoms with Crippen LogP contribution in [0.2, 0.25) is 0 Å². The third-order valence-electron chi connectivity index (χ3n) is 3.17. The second-order valence-electron chi connectivity index (χ2n) is 4.27. The van der Waals surface area contributed by atoms with Crippen molar-refractivity contribution in [2.75, 3.05) is 0 Å². The SMILES string of the molecule is CCC(C#N)C(N)c1ccc2c(c1)ncn2C. The molecule has 0 radical (unpaired) electrons. The summed E-state index contributed by atoms with van der Waals surface area (Å²) in [6, 6.07) is 7.97. The Bertz CT molecular complexity index is 564. The van der Waals surface area contributed by atoms with Crippen LogP contribution in [0.4, 0.5) is 0 Å². The number of nitrogens with zero attached hydrogens (tertiary/aromatic N) is 3. The van der Waals surface area contributed by atoms with Gasteiger partial charge in [0, 0.05) is 13.1 Å². The number of hydrogen-bond donors (Lipinski definition) is 1. The molecule has 0 saturated heterocycles. The number of aromatic nitrogens is 2. The first-order chi connectivity index (χ1) is 8.17. The number of nitriles is 1. The fourth-order valence-electron chi connectivity index (χ4n) is 2.02. The number of fused-ring (bicyclic) bond motifs is 1. The predicted molar refractivity (Wildman–Crippen MR) is 67.0 cm³/mol. The van der Waals surface area contributed by atoms with Crippen molar-refractivity contribution in [3.63, 3.8) is 0 Å². The van der Waals surface area contributed by atoms with Crippen LogP contribution in [0.1, 0.15) is 24.9 Å². The molecule has 2 unspecified atom stereocenters. The summed E-state index contributed by atoms with van der Waals surface area (Å²) in [5.41, 5.74) is 9.08. The first-order valence-electron chi connectivity index (χ1n) is 5.73. The van der Waals surface area contributed by atoms with E-state index in [0.29, 0.717) is 0 Å². The summed E-state index contributed by atoms with van der Waals surface area (Å²) < 4.78 is 1.96. The van der Waals surface area contributed by atoms with Crippen molar-refractivity contribution in [2.45, 2.75) is 19.4 Å². The van der Waals surface area contributed by atoms with Gasteiger partial charge in [-0.3, -0.25) is 0 Å².